The number of hydrogen-bond donors (Lipinski definition) is 2. The Labute approximate surface area is 267 Å². The van der Waals surface area contributed by atoms with E-state index in [1.165, 1.54) is 36.8 Å². The van der Waals surface area contributed by atoms with Crippen LogP contribution in [-0.4, -0.2) is 81.0 Å². The number of β-amino-alcohol motifs (C(OH)–C–C–N with tert-alkyl or cyclic N) is 1. The second kappa shape index (κ2) is 13.2. The number of aliphatic hydroxyl groups is 1. The summed E-state index contributed by atoms with van der Waals surface area (Å²) in [5.74, 6) is -0.469. The van der Waals surface area contributed by atoms with Crippen molar-refractivity contribution in [3.63, 3.8) is 0 Å². The molecule has 2 atom stereocenters. The summed E-state index contributed by atoms with van der Waals surface area (Å²) in [7, 11) is 1.53. The number of nitrogens with zero attached hydrogens (tertiary/aromatic N) is 5. The maximum Gasteiger partial charge on any atom is 0.411 e. The minimum absolute atomic E-state index is 0.00326. The van der Waals surface area contributed by atoms with E-state index in [1.54, 1.807) is 30.2 Å². The van der Waals surface area contributed by atoms with E-state index in [-0.39, 0.29) is 30.5 Å². The number of pyridine rings is 1. The van der Waals surface area contributed by atoms with E-state index in [9.17, 15) is 14.7 Å². The van der Waals surface area contributed by atoms with Crippen LogP contribution in [0.25, 0.3) is 31.8 Å². The molecular weight excluding hydrogens is 615 g/mol. The van der Waals surface area contributed by atoms with Gasteiger partial charge in [0, 0.05) is 30.8 Å². The standard InChI is InChI=1S/C32H31FN6O6S/c1-17-9-21(29-25(10-17)37-28(43-3)14-35-29)30-38-24-11-22(33)26(12-27(24)46-30)45-18(2)16-44-32(42)36-19-6-7-23(34-13-19)31(41)39-8-4-5-20(40)15-39/h6-7,9-14,18,20,40H,4-5,8,15-16H2,1-3H3,(H,36,42)/t18-,20+/m0/s1. The normalized spacial score (nSPS) is 15.5. The maximum atomic E-state index is 15.0. The van der Waals surface area contributed by atoms with Crippen LogP contribution in [0.3, 0.4) is 0 Å². The van der Waals surface area contributed by atoms with Crippen molar-refractivity contribution in [2.24, 2.45) is 0 Å². The van der Waals surface area contributed by atoms with Crippen LogP contribution in [-0.2, 0) is 4.74 Å². The average molecular weight is 647 g/mol. The summed E-state index contributed by atoms with van der Waals surface area (Å²) >= 11 is 1.37. The van der Waals surface area contributed by atoms with E-state index in [1.807, 2.05) is 19.1 Å². The first-order valence-corrected chi connectivity index (χ1v) is 15.4. The predicted molar refractivity (Wildman–Crippen MR) is 170 cm³/mol. The van der Waals surface area contributed by atoms with Crippen molar-refractivity contribution in [1.82, 2.24) is 24.8 Å². The molecule has 3 aromatic heterocycles. The number of methoxy groups -OCH3 is 1. The second-order valence-corrected chi connectivity index (χ2v) is 12.0. The van der Waals surface area contributed by atoms with Gasteiger partial charge in [0.05, 0.1) is 52.5 Å². The summed E-state index contributed by atoms with van der Waals surface area (Å²) in [6.45, 7) is 4.28. The highest BCUT2D eigenvalue weighted by Gasteiger charge is 2.24. The van der Waals surface area contributed by atoms with E-state index in [2.05, 4.69) is 25.3 Å². The van der Waals surface area contributed by atoms with Crippen LogP contribution in [0.2, 0.25) is 0 Å². The number of aryl methyl sites for hydroxylation is 1. The molecule has 0 unspecified atom stereocenters. The summed E-state index contributed by atoms with van der Waals surface area (Å²) in [6.07, 6.45) is 2.33. The highest BCUT2D eigenvalue weighted by Crippen LogP contribution is 2.37. The van der Waals surface area contributed by atoms with Crippen LogP contribution in [0.4, 0.5) is 14.9 Å². The summed E-state index contributed by atoms with van der Waals surface area (Å²) in [5, 5.41) is 13.0. The molecule has 4 heterocycles. The van der Waals surface area contributed by atoms with Gasteiger partial charge in [-0.3, -0.25) is 10.1 Å². The predicted octanol–water partition coefficient (Wildman–Crippen LogP) is 5.37. The number of aromatic nitrogens is 4. The summed E-state index contributed by atoms with van der Waals surface area (Å²) in [4.78, 5) is 44.4. The molecular formula is C32H31FN6O6S. The first-order valence-electron chi connectivity index (χ1n) is 14.6. The number of carbonyl (C=O) groups excluding carboxylic acids is 2. The van der Waals surface area contributed by atoms with Crippen LogP contribution < -0.4 is 14.8 Å². The van der Waals surface area contributed by atoms with Crippen LogP contribution in [0.5, 0.6) is 11.6 Å². The van der Waals surface area contributed by atoms with Crippen LogP contribution >= 0.6 is 11.3 Å². The van der Waals surface area contributed by atoms with E-state index in [0.717, 1.165) is 17.5 Å². The number of anilines is 1. The number of nitrogens with one attached hydrogen (secondary N) is 1. The number of halogens is 1. The van der Waals surface area contributed by atoms with Gasteiger partial charge in [0.15, 0.2) is 11.6 Å². The van der Waals surface area contributed by atoms with E-state index < -0.39 is 24.1 Å². The quantitative estimate of drug-likeness (QED) is 0.225. The summed E-state index contributed by atoms with van der Waals surface area (Å²) in [5.41, 5.74) is 4.08. The Morgan fingerprint density at radius 2 is 2.00 bits per heavy atom. The third kappa shape index (κ3) is 6.82. The smallest absolute Gasteiger partial charge is 0.411 e. The molecule has 0 saturated carbocycles. The number of rotatable bonds is 8. The number of carbonyl (C=O) groups is 2. The largest absolute Gasteiger partial charge is 0.484 e. The molecule has 238 valence electrons. The zero-order valence-corrected chi connectivity index (χ0v) is 26.1. The third-order valence-corrected chi connectivity index (χ3v) is 8.39. The van der Waals surface area contributed by atoms with Crippen LogP contribution in [0.15, 0.2) is 48.8 Å². The first kappa shape index (κ1) is 31.0. The van der Waals surface area contributed by atoms with Crippen LogP contribution in [0, 0.1) is 12.7 Å². The lowest BCUT2D eigenvalue weighted by atomic mass is 10.1. The molecule has 2 aromatic carbocycles. The number of fused-ring (bicyclic) bond motifs is 2. The number of benzene rings is 2. The molecule has 2 N–H and O–H groups in total. The van der Waals surface area contributed by atoms with E-state index in [4.69, 9.17) is 14.2 Å². The molecule has 2 amide bonds. The Kier molecular flexibility index (Phi) is 8.90. The molecule has 0 aliphatic carbocycles. The zero-order valence-electron chi connectivity index (χ0n) is 25.3. The lowest BCUT2D eigenvalue weighted by Crippen LogP contribution is -2.42. The van der Waals surface area contributed by atoms with E-state index in [0.29, 0.717) is 50.8 Å². The molecule has 46 heavy (non-hydrogen) atoms. The van der Waals surface area contributed by atoms with Gasteiger partial charge in [0.1, 0.15) is 23.4 Å². The van der Waals surface area contributed by atoms with Crippen molar-refractivity contribution >= 4 is 50.3 Å². The fourth-order valence-corrected chi connectivity index (χ4v) is 6.13. The molecule has 5 aromatic rings. The van der Waals surface area contributed by atoms with Crippen molar-refractivity contribution in [3.05, 3.63) is 65.9 Å². The fourth-order valence-electron chi connectivity index (χ4n) is 5.14. The van der Waals surface area contributed by atoms with Crippen molar-refractivity contribution in [2.75, 3.05) is 32.1 Å². The van der Waals surface area contributed by atoms with Crippen molar-refractivity contribution in [1.29, 1.82) is 0 Å². The summed E-state index contributed by atoms with van der Waals surface area (Å²) < 4.78 is 32.0. The Hall–Kier alpha value is -4.95. The Morgan fingerprint density at radius 3 is 2.76 bits per heavy atom. The highest BCUT2D eigenvalue weighted by atomic mass is 32.1. The minimum atomic E-state index is -0.760. The molecule has 14 heteroatoms. The molecule has 6 rings (SSSR count). The number of piperidine rings is 1. The monoisotopic (exact) mass is 646 g/mol. The molecule has 1 saturated heterocycles. The van der Waals surface area contributed by atoms with E-state index >= 15 is 4.39 Å². The van der Waals surface area contributed by atoms with Gasteiger partial charge >= 0.3 is 6.09 Å². The SMILES string of the molecule is COc1cnc2c(-c3nc4cc(F)c(O[C@@H](C)COC(=O)Nc5ccc(C(=O)N6CCC[C@@H](O)C6)nc5)cc4s3)cc(C)cc2n1. The topological polar surface area (TPSA) is 149 Å². The molecule has 0 bridgehead atoms. The molecule has 12 nitrogen and oxygen atoms in total. The molecule has 1 aliphatic heterocycles. The highest BCUT2D eigenvalue weighted by molar-refractivity contribution is 7.21. The molecule has 1 fully saturated rings. The Morgan fingerprint density at radius 1 is 1.15 bits per heavy atom. The number of thiazole rings is 1. The second-order valence-electron chi connectivity index (χ2n) is 11.0. The van der Waals surface area contributed by atoms with Gasteiger partial charge in [-0.25, -0.2) is 29.1 Å². The zero-order chi connectivity index (χ0) is 32.4. The van der Waals surface area contributed by atoms with Gasteiger partial charge in [-0.15, -0.1) is 11.3 Å². The number of ether oxygens (including phenoxy) is 3. The summed E-state index contributed by atoms with van der Waals surface area (Å²) in [6, 6.07) is 9.81. The lowest BCUT2D eigenvalue weighted by Gasteiger charge is -2.29. The average Bonchev–Trinajstić information content (AvgIpc) is 3.45. The Bertz CT molecular complexity index is 1920. The third-order valence-electron chi connectivity index (χ3n) is 7.34. The van der Waals surface area contributed by atoms with Crippen molar-refractivity contribution < 1.29 is 33.3 Å². The van der Waals surface area contributed by atoms with Crippen LogP contribution in [0.1, 0.15) is 35.8 Å². The number of amides is 2. The van der Waals surface area contributed by atoms with Crippen molar-refractivity contribution in [3.8, 4) is 22.2 Å². The Balaban J connectivity index is 1.07. The van der Waals surface area contributed by atoms with Gasteiger partial charge in [0.25, 0.3) is 5.91 Å². The van der Waals surface area contributed by atoms with Gasteiger partial charge in [0.2, 0.25) is 5.88 Å². The minimum Gasteiger partial charge on any atom is -0.484 e. The van der Waals surface area contributed by atoms with Gasteiger partial charge in [-0.2, -0.15) is 0 Å². The van der Waals surface area contributed by atoms with Gasteiger partial charge < -0.3 is 24.2 Å². The number of aliphatic hydroxyl groups excluding tert-OH is 1. The maximum absolute atomic E-state index is 15.0. The van der Waals surface area contributed by atoms with Crippen molar-refractivity contribution in [2.45, 2.75) is 38.9 Å². The number of hydrogen-bond acceptors (Lipinski definition) is 11. The van der Waals surface area contributed by atoms with Gasteiger partial charge in [-0.05, 0) is 56.5 Å². The van der Waals surface area contributed by atoms with Gasteiger partial charge in [-0.1, -0.05) is 0 Å². The molecule has 0 spiro atoms. The lowest BCUT2D eigenvalue weighted by molar-refractivity contribution is 0.0469. The fraction of sp³-hybridized carbons (Fsp3) is 0.312. The first-order chi connectivity index (χ1) is 22.2. The molecule has 1 aliphatic rings. The number of likely N-dealkylation sites (tertiary alicyclic amines) is 1. The molecule has 0 radical (unpaired) electrons.